The summed E-state index contributed by atoms with van der Waals surface area (Å²) in [7, 11) is 0. The molecule has 1 amide bonds. The molecule has 0 aliphatic heterocycles. The van der Waals surface area contributed by atoms with Gasteiger partial charge in [0.1, 0.15) is 5.78 Å². The number of rotatable bonds is 4. The minimum Gasteiger partial charge on any atom is -0.395 e. The molecule has 0 saturated heterocycles. The molecular formula is C10H19NO3. The fourth-order valence-corrected chi connectivity index (χ4v) is 1.10. The molecule has 0 bridgehead atoms. The largest absolute Gasteiger partial charge is 0.395 e. The summed E-state index contributed by atoms with van der Waals surface area (Å²) >= 11 is 0. The molecule has 2 N–H and O–H groups in total. The van der Waals surface area contributed by atoms with Crippen LogP contribution < -0.4 is 5.32 Å². The highest BCUT2D eigenvalue weighted by Crippen LogP contribution is 2.19. The number of aliphatic hydroxyl groups is 1. The number of carbonyl (C=O) groups is 2. The van der Waals surface area contributed by atoms with E-state index in [2.05, 4.69) is 5.32 Å². The van der Waals surface area contributed by atoms with E-state index in [1.54, 1.807) is 27.7 Å². The summed E-state index contributed by atoms with van der Waals surface area (Å²) in [6, 6.07) is 0. The van der Waals surface area contributed by atoms with Crippen LogP contribution in [-0.4, -0.2) is 29.9 Å². The lowest BCUT2D eigenvalue weighted by Crippen LogP contribution is -2.39. The molecule has 0 spiro atoms. The third-order valence-electron chi connectivity index (χ3n) is 1.94. The van der Waals surface area contributed by atoms with Gasteiger partial charge in [0, 0.05) is 12.0 Å². The molecule has 4 heteroatoms. The monoisotopic (exact) mass is 201 g/mol. The number of amides is 1. The Kier molecular flexibility index (Phi) is 4.77. The van der Waals surface area contributed by atoms with Crippen molar-refractivity contribution >= 4 is 11.7 Å². The van der Waals surface area contributed by atoms with Gasteiger partial charge >= 0.3 is 0 Å². The Hall–Kier alpha value is -0.900. The SMILES string of the molecule is CC(C(=O)NCCO)C(=O)C(C)(C)C. The Morgan fingerprint density at radius 1 is 1.36 bits per heavy atom. The first-order valence-corrected chi connectivity index (χ1v) is 4.73. The summed E-state index contributed by atoms with van der Waals surface area (Å²) in [5.41, 5.74) is -0.504. The maximum absolute atomic E-state index is 11.6. The lowest BCUT2D eigenvalue weighted by Gasteiger charge is -2.21. The molecule has 0 rings (SSSR count). The van der Waals surface area contributed by atoms with E-state index in [1.807, 2.05) is 0 Å². The molecule has 0 heterocycles. The van der Waals surface area contributed by atoms with Crippen LogP contribution in [0.1, 0.15) is 27.7 Å². The van der Waals surface area contributed by atoms with Crippen molar-refractivity contribution in [2.75, 3.05) is 13.2 Å². The third-order valence-corrected chi connectivity index (χ3v) is 1.94. The topological polar surface area (TPSA) is 66.4 Å². The van der Waals surface area contributed by atoms with E-state index in [9.17, 15) is 9.59 Å². The highest BCUT2D eigenvalue weighted by Gasteiger charge is 2.30. The number of aliphatic hydroxyl groups excluding tert-OH is 1. The predicted molar refractivity (Wildman–Crippen MR) is 53.7 cm³/mol. The van der Waals surface area contributed by atoms with E-state index in [0.717, 1.165) is 0 Å². The van der Waals surface area contributed by atoms with Crippen molar-refractivity contribution in [3.63, 3.8) is 0 Å². The average Bonchev–Trinajstić information content (AvgIpc) is 2.10. The van der Waals surface area contributed by atoms with Gasteiger partial charge in [-0.15, -0.1) is 0 Å². The summed E-state index contributed by atoms with van der Waals surface area (Å²) in [5, 5.41) is 11.0. The number of hydrogen-bond donors (Lipinski definition) is 2. The molecule has 0 aliphatic rings. The zero-order valence-electron chi connectivity index (χ0n) is 9.26. The Morgan fingerprint density at radius 2 is 1.86 bits per heavy atom. The first kappa shape index (κ1) is 13.1. The quantitative estimate of drug-likeness (QED) is 0.645. The summed E-state index contributed by atoms with van der Waals surface area (Å²) < 4.78 is 0. The number of carbonyl (C=O) groups excluding carboxylic acids is 2. The van der Waals surface area contributed by atoms with E-state index >= 15 is 0 Å². The van der Waals surface area contributed by atoms with Gasteiger partial charge in [0.15, 0.2) is 0 Å². The molecule has 0 aromatic rings. The van der Waals surface area contributed by atoms with E-state index in [-0.39, 0.29) is 24.8 Å². The summed E-state index contributed by atoms with van der Waals surface area (Å²) in [6.45, 7) is 7.02. The Labute approximate surface area is 84.7 Å². The highest BCUT2D eigenvalue weighted by molar-refractivity contribution is 6.03. The lowest BCUT2D eigenvalue weighted by atomic mass is 9.83. The molecule has 0 aromatic carbocycles. The second-order valence-corrected chi connectivity index (χ2v) is 4.35. The van der Waals surface area contributed by atoms with E-state index in [1.165, 1.54) is 0 Å². The van der Waals surface area contributed by atoms with Crippen LogP contribution in [0, 0.1) is 11.3 Å². The van der Waals surface area contributed by atoms with Crippen LogP contribution in [0.2, 0.25) is 0 Å². The second kappa shape index (κ2) is 5.10. The van der Waals surface area contributed by atoms with Gasteiger partial charge in [-0.1, -0.05) is 20.8 Å². The minimum atomic E-state index is -0.651. The van der Waals surface area contributed by atoms with Crippen LogP contribution in [0.5, 0.6) is 0 Å². The fourth-order valence-electron chi connectivity index (χ4n) is 1.10. The molecule has 82 valence electrons. The molecule has 0 aliphatic carbocycles. The van der Waals surface area contributed by atoms with Crippen molar-refractivity contribution in [1.29, 1.82) is 0 Å². The maximum atomic E-state index is 11.6. The van der Waals surface area contributed by atoms with Gasteiger partial charge < -0.3 is 10.4 Å². The van der Waals surface area contributed by atoms with E-state index < -0.39 is 11.3 Å². The van der Waals surface area contributed by atoms with Gasteiger partial charge in [0.25, 0.3) is 0 Å². The maximum Gasteiger partial charge on any atom is 0.230 e. The van der Waals surface area contributed by atoms with Gasteiger partial charge in [-0.3, -0.25) is 9.59 Å². The van der Waals surface area contributed by atoms with Crippen molar-refractivity contribution in [1.82, 2.24) is 5.32 Å². The Balaban J connectivity index is 4.26. The van der Waals surface area contributed by atoms with Crippen molar-refractivity contribution in [2.45, 2.75) is 27.7 Å². The van der Waals surface area contributed by atoms with Crippen LogP contribution in [0.25, 0.3) is 0 Å². The normalized spacial score (nSPS) is 13.5. The highest BCUT2D eigenvalue weighted by atomic mass is 16.3. The molecule has 1 atom stereocenters. The first-order chi connectivity index (χ1) is 6.30. The zero-order chi connectivity index (χ0) is 11.4. The van der Waals surface area contributed by atoms with Crippen LogP contribution in [0.4, 0.5) is 0 Å². The van der Waals surface area contributed by atoms with Crippen molar-refractivity contribution in [3.8, 4) is 0 Å². The second-order valence-electron chi connectivity index (χ2n) is 4.35. The number of nitrogens with one attached hydrogen (secondary N) is 1. The Bertz CT molecular complexity index is 218. The van der Waals surface area contributed by atoms with Crippen LogP contribution in [0.15, 0.2) is 0 Å². The molecule has 4 nitrogen and oxygen atoms in total. The van der Waals surface area contributed by atoms with E-state index in [0.29, 0.717) is 0 Å². The van der Waals surface area contributed by atoms with Crippen molar-refractivity contribution in [3.05, 3.63) is 0 Å². The number of Topliss-reactive ketones (excluding diaryl/α,β-unsaturated/α-hetero) is 1. The van der Waals surface area contributed by atoms with Gasteiger partial charge in [-0.25, -0.2) is 0 Å². The fraction of sp³-hybridized carbons (Fsp3) is 0.800. The molecule has 14 heavy (non-hydrogen) atoms. The number of hydrogen-bond acceptors (Lipinski definition) is 3. The zero-order valence-corrected chi connectivity index (χ0v) is 9.26. The van der Waals surface area contributed by atoms with Crippen molar-refractivity contribution < 1.29 is 14.7 Å². The summed E-state index contributed by atoms with van der Waals surface area (Å²) in [6.07, 6.45) is 0. The molecule has 0 saturated carbocycles. The number of ketones is 1. The van der Waals surface area contributed by atoms with Gasteiger partial charge in [-0.05, 0) is 6.92 Å². The predicted octanol–water partition coefficient (Wildman–Crippen LogP) is 0.346. The molecule has 0 radical (unpaired) electrons. The molecule has 0 fully saturated rings. The average molecular weight is 201 g/mol. The third kappa shape index (κ3) is 3.87. The molecular weight excluding hydrogens is 182 g/mol. The molecule has 1 unspecified atom stereocenters. The first-order valence-electron chi connectivity index (χ1n) is 4.73. The summed E-state index contributed by atoms with van der Waals surface area (Å²) in [5.74, 6) is -1.06. The van der Waals surface area contributed by atoms with Crippen LogP contribution >= 0.6 is 0 Å². The van der Waals surface area contributed by atoms with Crippen LogP contribution in [0.3, 0.4) is 0 Å². The minimum absolute atomic E-state index is 0.0899. The molecule has 0 aromatic heterocycles. The van der Waals surface area contributed by atoms with Gasteiger partial charge in [0.2, 0.25) is 5.91 Å². The van der Waals surface area contributed by atoms with Crippen molar-refractivity contribution in [2.24, 2.45) is 11.3 Å². The smallest absolute Gasteiger partial charge is 0.230 e. The van der Waals surface area contributed by atoms with Gasteiger partial charge in [0.05, 0.1) is 12.5 Å². The summed E-state index contributed by atoms with van der Waals surface area (Å²) in [4.78, 5) is 23.0. The Morgan fingerprint density at radius 3 is 2.21 bits per heavy atom. The van der Waals surface area contributed by atoms with E-state index in [4.69, 9.17) is 5.11 Å². The lowest BCUT2D eigenvalue weighted by molar-refractivity contribution is -0.137. The van der Waals surface area contributed by atoms with Crippen LogP contribution in [-0.2, 0) is 9.59 Å². The van der Waals surface area contributed by atoms with Gasteiger partial charge in [-0.2, -0.15) is 0 Å². The standard InChI is InChI=1S/C10H19NO3/c1-7(8(13)10(2,3)4)9(14)11-5-6-12/h7,12H,5-6H2,1-4H3,(H,11,14).